The van der Waals surface area contributed by atoms with Crippen LogP contribution in [0.4, 0.5) is 43.8 Å². The van der Waals surface area contributed by atoms with Crippen LogP contribution in [0, 0.1) is 0 Å². The highest BCUT2D eigenvalue weighted by molar-refractivity contribution is 5.91. The Balaban J connectivity index is 1.83. The van der Waals surface area contributed by atoms with Crippen molar-refractivity contribution in [3.8, 4) is 0 Å². The van der Waals surface area contributed by atoms with Gasteiger partial charge in [0.1, 0.15) is 11.2 Å². The standard InChI is InChI=1S/C20H18F6N6O/c21-19(22,23)10-7-11(20(24,25)26)9-13(8-10)29-16-15-14(1-4-28-17(15)33)30-18(31-16)32-5-2-12(27)3-6-32/h1,4,7-9,12H,2-3,5-6,27H2,(H,28,33)(H,29,30,31). The van der Waals surface area contributed by atoms with Crippen LogP contribution in [0.2, 0.25) is 0 Å². The Labute approximate surface area is 182 Å². The largest absolute Gasteiger partial charge is 0.416 e. The molecule has 4 rings (SSSR count). The van der Waals surface area contributed by atoms with Crippen molar-refractivity contribution in [3.63, 3.8) is 0 Å². The molecule has 1 saturated heterocycles. The average molecular weight is 472 g/mol. The first-order valence-electron chi connectivity index (χ1n) is 9.88. The number of piperidine rings is 1. The predicted octanol–water partition coefficient (Wildman–Crippen LogP) is 4.03. The van der Waals surface area contributed by atoms with E-state index in [9.17, 15) is 31.1 Å². The van der Waals surface area contributed by atoms with Crippen LogP contribution in [0.1, 0.15) is 24.0 Å². The number of nitrogens with two attached hydrogens (primary N) is 1. The molecule has 2 aromatic heterocycles. The van der Waals surface area contributed by atoms with E-state index in [2.05, 4.69) is 20.3 Å². The first-order chi connectivity index (χ1) is 15.4. The maximum absolute atomic E-state index is 13.2. The van der Waals surface area contributed by atoms with Gasteiger partial charge in [0.15, 0.2) is 0 Å². The van der Waals surface area contributed by atoms with Crippen LogP contribution in [-0.4, -0.2) is 34.1 Å². The third kappa shape index (κ3) is 4.87. The fraction of sp³-hybridized carbons (Fsp3) is 0.350. The van der Waals surface area contributed by atoms with Crippen molar-refractivity contribution in [2.24, 2.45) is 5.73 Å². The van der Waals surface area contributed by atoms with Gasteiger partial charge in [0.05, 0.1) is 16.6 Å². The molecule has 13 heteroatoms. The summed E-state index contributed by atoms with van der Waals surface area (Å²) in [7, 11) is 0. The van der Waals surface area contributed by atoms with E-state index in [1.54, 1.807) is 4.90 Å². The molecule has 1 aliphatic heterocycles. The van der Waals surface area contributed by atoms with Crippen LogP contribution in [0.3, 0.4) is 0 Å². The number of hydrogen-bond donors (Lipinski definition) is 3. The molecule has 1 aromatic carbocycles. The lowest BCUT2D eigenvalue weighted by molar-refractivity contribution is -0.143. The summed E-state index contributed by atoms with van der Waals surface area (Å²) in [6.07, 6.45) is -7.38. The summed E-state index contributed by atoms with van der Waals surface area (Å²) in [5.41, 5.74) is 1.94. The molecule has 4 N–H and O–H groups in total. The third-order valence-electron chi connectivity index (χ3n) is 5.28. The number of rotatable bonds is 3. The molecule has 0 atom stereocenters. The Morgan fingerprint density at radius 3 is 2.18 bits per heavy atom. The van der Waals surface area contributed by atoms with Gasteiger partial charge in [-0.05, 0) is 37.1 Å². The zero-order valence-corrected chi connectivity index (χ0v) is 16.9. The first kappa shape index (κ1) is 22.8. The van der Waals surface area contributed by atoms with E-state index in [0.717, 1.165) is 0 Å². The zero-order valence-electron chi connectivity index (χ0n) is 16.9. The minimum absolute atomic E-state index is 0.00745. The maximum atomic E-state index is 13.2. The van der Waals surface area contributed by atoms with Gasteiger partial charge in [-0.3, -0.25) is 4.79 Å². The molecule has 3 heterocycles. The van der Waals surface area contributed by atoms with Crippen molar-refractivity contribution in [1.82, 2.24) is 15.0 Å². The van der Waals surface area contributed by atoms with Crippen LogP contribution < -0.4 is 21.5 Å². The minimum atomic E-state index is -5.01. The average Bonchev–Trinajstić information content (AvgIpc) is 2.72. The Morgan fingerprint density at radius 2 is 1.61 bits per heavy atom. The molecule has 0 aliphatic carbocycles. The van der Waals surface area contributed by atoms with Gasteiger partial charge in [0, 0.05) is 31.0 Å². The van der Waals surface area contributed by atoms with E-state index >= 15 is 0 Å². The molecule has 0 spiro atoms. The van der Waals surface area contributed by atoms with Crippen LogP contribution in [0.5, 0.6) is 0 Å². The summed E-state index contributed by atoms with van der Waals surface area (Å²) >= 11 is 0. The van der Waals surface area contributed by atoms with Gasteiger partial charge in [0.25, 0.3) is 5.56 Å². The quantitative estimate of drug-likeness (QED) is 0.498. The van der Waals surface area contributed by atoms with Crippen molar-refractivity contribution in [2.75, 3.05) is 23.3 Å². The summed E-state index contributed by atoms with van der Waals surface area (Å²) in [6.45, 7) is 1.02. The van der Waals surface area contributed by atoms with E-state index in [4.69, 9.17) is 5.73 Å². The Bertz CT molecular complexity index is 1200. The molecule has 0 unspecified atom stereocenters. The Kier molecular flexibility index (Phi) is 5.68. The number of H-pyrrole nitrogens is 1. The Hall–Kier alpha value is -3.35. The molecule has 7 nitrogen and oxygen atoms in total. The maximum Gasteiger partial charge on any atom is 0.416 e. The monoisotopic (exact) mass is 472 g/mol. The summed E-state index contributed by atoms with van der Waals surface area (Å²) in [5.74, 6) is -0.0234. The molecule has 0 radical (unpaired) electrons. The van der Waals surface area contributed by atoms with Gasteiger partial charge in [-0.15, -0.1) is 0 Å². The van der Waals surface area contributed by atoms with Gasteiger partial charge >= 0.3 is 12.4 Å². The molecule has 176 valence electrons. The highest BCUT2D eigenvalue weighted by Gasteiger charge is 2.37. The second-order valence-corrected chi connectivity index (χ2v) is 7.68. The van der Waals surface area contributed by atoms with E-state index < -0.39 is 34.7 Å². The summed E-state index contributed by atoms with van der Waals surface area (Å²) < 4.78 is 79.4. The van der Waals surface area contributed by atoms with Gasteiger partial charge in [-0.25, -0.2) is 4.98 Å². The van der Waals surface area contributed by atoms with E-state index in [0.29, 0.717) is 38.1 Å². The molecule has 0 saturated carbocycles. The first-order valence-corrected chi connectivity index (χ1v) is 9.88. The molecule has 0 bridgehead atoms. The third-order valence-corrected chi connectivity index (χ3v) is 5.28. The number of fused-ring (bicyclic) bond motifs is 1. The van der Waals surface area contributed by atoms with Crippen LogP contribution in [-0.2, 0) is 12.4 Å². The number of hydrogen-bond acceptors (Lipinski definition) is 6. The number of aromatic amines is 1. The summed E-state index contributed by atoms with van der Waals surface area (Å²) in [6, 6.07) is 2.56. The van der Waals surface area contributed by atoms with Crippen LogP contribution in [0.15, 0.2) is 35.3 Å². The number of aromatic nitrogens is 3. The highest BCUT2D eigenvalue weighted by atomic mass is 19.4. The number of anilines is 3. The number of nitrogens with zero attached hydrogens (tertiary/aromatic N) is 3. The smallest absolute Gasteiger partial charge is 0.341 e. The van der Waals surface area contributed by atoms with Crippen LogP contribution in [0.25, 0.3) is 10.9 Å². The van der Waals surface area contributed by atoms with E-state index in [1.807, 2.05) is 0 Å². The van der Waals surface area contributed by atoms with E-state index in [1.165, 1.54) is 12.3 Å². The highest BCUT2D eigenvalue weighted by Crippen LogP contribution is 2.38. The fourth-order valence-corrected chi connectivity index (χ4v) is 3.57. The van der Waals surface area contributed by atoms with Crippen molar-refractivity contribution in [3.05, 3.63) is 51.9 Å². The van der Waals surface area contributed by atoms with Crippen molar-refractivity contribution >= 4 is 28.4 Å². The second kappa shape index (κ2) is 8.21. The molecule has 1 fully saturated rings. The lowest BCUT2D eigenvalue weighted by Gasteiger charge is -2.30. The molecule has 1 aliphatic rings. The van der Waals surface area contributed by atoms with E-state index in [-0.39, 0.29) is 34.8 Å². The Morgan fingerprint density at radius 1 is 1.00 bits per heavy atom. The number of benzene rings is 1. The molecule has 3 aromatic rings. The van der Waals surface area contributed by atoms with Gasteiger partial charge in [-0.2, -0.15) is 31.3 Å². The van der Waals surface area contributed by atoms with Gasteiger partial charge < -0.3 is 20.9 Å². The summed E-state index contributed by atoms with van der Waals surface area (Å²) in [5, 5.41) is 2.38. The molecular formula is C20H18F6N6O. The zero-order chi connectivity index (χ0) is 24.0. The number of halogens is 6. The number of pyridine rings is 1. The predicted molar refractivity (Wildman–Crippen MR) is 109 cm³/mol. The lowest BCUT2D eigenvalue weighted by atomic mass is 10.1. The minimum Gasteiger partial charge on any atom is -0.341 e. The van der Waals surface area contributed by atoms with Gasteiger partial charge in [0.2, 0.25) is 5.95 Å². The van der Waals surface area contributed by atoms with Crippen LogP contribution >= 0.6 is 0 Å². The molecule has 33 heavy (non-hydrogen) atoms. The fourth-order valence-electron chi connectivity index (χ4n) is 3.57. The molecule has 0 amide bonds. The topological polar surface area (TPSA) is 99.9 Å². The van der Waals surface area contributed by atoms with Crippen molar-refractivity contribution in [2.45, 2.75) is 31.2 Å². The molecular weight excluding hydrogens is 454 g/mol. The summed E-state index contributed by atoms with van der Waals surface area (Å²) in [4.78, 5) is 25.2. The second-order valence-electron chi connectivity index (χ2n) is 7.68. The number of alkyl halides is 6. The SMILES string of the molecule is NC1CCN(c2nc(Nc3cc(C(F)(F)F)cc(C(F)(F)F)c3)c3c(=O)[nH]ccc3n2)CC1. The normalized spacial score (nSPS) is 15.8. The lowest BCUT2D eigenvalue weighted by Crippen LogP contribution is -2.40. The van der Waals surface area contributed by atoms with Gasteiger partial charge in [-0.1, -0.05) is 0 Å². The van der Waals surface area contributed by atoms with Crippen molar-refractivity contribution in [1.29, 1.82) is 0 Å². The van der Waals surface area contributed by atoms with Crippen molar-refractivity contribution < 1.29 is 26.3 Å². The number of nitrogens with one attached hydrogen (secondary N) is 2.